The normalized spacial score (nSPS) is 15.5. The van der Waals surface area contributed by atoms with Crippen molar-refractivity contribution < 1.29 is 17.5 Å². The number of hydrogen-bond acceptors (Lipinski definition) is 6. The van der Waals surface area contributed by atoms with Crippen LogP contribution in [0.4, 0.5) is 11.6 Å². The largest absolute Gasteiger partial charge is 0.383 e. The molecular formula is C24H28N6O2. The molecule has 3 aromatic heterocycles. The summed E-state index contributed by atoms with van der Waals surface area (Å²) < 4.78 is 53.4. The summed E-state index contributed by atoms with van der Waals surface area (Å²) in [6.45, 7) is -0.612. The van der Waals surface area contributed by atoms with Gasteiger partial charge in [-0.15, -0.1) is 0 Å². The molecule has 0 atom stereocenters. The van der Waals surface area contributed by atoms with Gasteiger partial charge < -0.3 is 20.1 Å². The zero-order valence-electron chi connectivity index (χ0n) is 24.0. The van der Waals surface area contributed by atoms with Crippen molar-refractivity contribution in [2.45, 2.75) is 52.4 Å². The summed E-state index contributed by atoms with van der Waals surface area (Å²) in [7, 11) is 0. The first kappa shape index (κ1) is 15.2. The molecule has 1 aromatic carbocycles. The van der Waals surface area contributed by atoms with Crippen LogP contribution in [0.3, 0.4) is 0 Å². The van der Waals surface area contributed by atoms with Crippen molar-refractivity contribution in [3.05, 3.63) is 54.2 Å². The Bertz CT molecular complexity index is 1460. The van der Waals surface area contributed by atoms with Gasteiger partial charge >= 0.3 is 0 Å². The third-order valence-corrected chi connectivity index (χ3v) is 5.10. The van der Waals surface area contributed by atoms with Gasteiger partial charge in [-0.2, -0.15) is 0 Å². The zero-order valence-corrected chi connectivity index (χ0v) is 18.0. The Labute approximate surface area is 195 Å². The summed E-state index contributed by atoms with van der Waals surface area (Å²) in [5.74, 6) is -0.483. The molecule has 8 nitrogen and oxygen atoms in total. The van der Waals surface area contributed by atoms with Crippen LogP contribution in [-0.2, 0) is 16.6 Å². The highest BCUT2D eigenvalue weighted by Crippen LogP contribution is 2.34. The summed E-state index contributed by atoms with van der Waals surface area (Å²) in [6.07, 6.45) is 3.42. The van der Waals surface area contributed by atoms with E-state index in [4.69, 9.17) is 18.5 Å². The summed E-state index contributed by atoms with van der Waals surface area (Å²) >= 11 is 0. The van der Waals surface area contributed by atoms with Gasteiger partial charge in [0.1, 0.15) is 23.6 Å². The quantitative estimate of drug-likeness (QED) is 0.466. The lowest BCUT2D eigenvalue weighted by atomic mass is 9.93. The molecule has 0 saturated carbocycles. The predicted octanol–water partition coefficient (Wildman–Crippen LogP) is 4.73. The van der Waals surface area contributed by atoms with Crippen LogP contribution in [0.5, 0.6) is 0 Å². The highest BCUT2D eigenvalue weighted by Gasteiger charge is 2.20. The Kier molecular flexibility index (Phi) is 3.84. The van der Waals surface area contributed by atoms with Gasteiger partial charge in [0.25, 0.3) is 0 Å². The summed E-state index contributed by atoms with van der Waals surface area (Å²) in [5, 5.41) is 6.96. The second kappa shape index (κ2) is 8.11. The third kappa shape index (κ3) is 4.21. The number of nitrogens with two attached hydrogens (primary N) is 1. The summed E-state index contributed by atoms with van der Waals surface area (Å²) in [4.78, 5) is 21.2. The molecular weight excluding hydrogens is 404 g/mol. The molecule has 4 rings (SSSR count). The molecule has 32 heavy (non-hydrogen) atoms. The number of nitrogens with zero attached hydrogens (tertiary/aromatic N) is 4. The number of nitrogen functional groups attached to an aromatic ring is 1. The molecule has 0 aliphatic carbocycles. The molecule has 4 aromatic rings. The molecule has 8 heteroatoms. The number of amides is 1. The van der Waals surface area contributed by atoms with Crippen molar-refractivity contribution in [3.8, 4) is 11.1 Å². The number of fused-ring (bicyclic) bond motifs is 1. The van der Waals surface area contributed by atoms with E-state index in [0.29, 0.717) is 11.4 Å². The van der Waals surface area contributed by atoms with Crippen LogP contribution in [0.15, 0.2) is 47.4 Å². The molecule has 0 aliphatic heterocycles. The number of nitrogens with one attached hydrogen (secondary N) is 1. The van der Waals surface area contributed by atoms with Gasteiger partial charge in [-0.1, -0.05) is 50.0 Å². The Morgan fingerprint density at radius 3 is 2.72 bits per heavy atom. The van der Waals surface area contributed by atoms with E-state index >= 15 is 0 Å². The molecule has 0 radical (unpaired) electrons. The molecule has 0 spiro atoms. The second-order valence-electron chi connectivity index (χ2n) is 8.12. The van der Waals surface area contributed by atoms with Crippen molar-refractivity contribution in [2.75, 3.05) is 11.1 Å². The molecule has 166 valence electrons. The minimum Gasteiger partial charge on any atom is -0.383 e. The van der Waals surface area contributed by atoms with E-state index in [1.807, 2.05) is 48.9 Å². The number of benzene rings is 1. The van der Waals surface area contributed by atoms with Crippen LogP contribution in [0.1, 0.15) is 60.1 Å². The van der Waals surface area contributed by atoms with E-state index in [0.717, 1.165) is 35.2 Å². The highest BCUT2D eigenvalue weighted by atomic mass is 16.5. The van der Waals surface area contributed by atoms with Gasteiger partial charge in [0.05, 0.1) is 11.8 Å². The molecule has 3 heterocycles. The van der Waals surface area contributed by atoms with Crippen molar-refractivity contribution in [1.82, 2.24) is 19.7 Å². The third-order valence-electron chi connectivity index (χ3n) is 5.10. The fourth-order valence-electron chi connectivity index (χ4n) is 3.47. The van der Waals surface area contributed by atoms with Crippen molar-refractivity contribution >= 4 is 28.6 Å². The number of aromatic nitrogens is 4. The van der Waals surface area contributed by atoms with E-state index < -0.39 is 25.0 Å². The maximum Gasteiger partial charge on any atom is 0.230 e. The fraction of sp³-hybridized carbons (Fsp3) is 0.333. The number of anilines is 2. The topological polar surface area (TPSA) is 112 Å². The first-order valence-electron chi connectivity index (χ1n) is 13.1. The van der Waals surface area contributed by atoms with Crippen LogP contribution in [-0.4, -0.2) is 25.6 Å². The number of hydrogen-bond donors (Lipinski definition) is 2. The SMILES string of the molecule is [2H]C([2H])([2H])C(C)(c1cc(NC(=O)Cc2ccc(-c3cn(C(C)C)c4ncnc(N)c34)cc2)no1)C([2H])([2H])[2H]. The van der Waals surface area contributed by atoms with E-state index in [1.54, 1.807) is 0 Å². The number of rotatable bonds is 5. The minimum absolute atomic E-state index is 0.00269. The molecule has 1 amide bonds. The molecule has 3 N–H and O–H groups in total. The van der Waals surface area contributed by atoms with Gasteiger partial charge in [-0.05, 0) is 25.0 Å². The second-order valence-corrected chi connectivity index (χ2v) is 8.12. The molecule has 0 unspecified atom stereocenters. The van der Waals surface area contributed by atoms with Crippen molar-refractivity contribution in [2.24, 2.45) is 0 Å². The van der Waals surface area contributed by atoms with Gasteiger partial charge in [-0.3, -0.25) is 4.79 Å². The Morgan fingerprint density at radius 2 is 2.03 bits per heavy atom. The van der Waals surface area contributed by atoms with E-state index in [1.165, 1.54) is 6.33 Å². The lowest BCUT2D eigenvalue weighted by Gasteiger charge is -2.12. The predicted molar refractivity (Wildman–Crippen MR) is 125 cm³/mol. The lowest BCUT2D eigenvalue weighted by Crippen LogP contribution is -2.14. The fourth-order valence-corrected chi connectivity index (χ4v) is 3.47. The molecule has 0 fully saturated rings. The highest BCUT2D eigenvalue weighted by molar-refractivity contribution is 6.00. The zero-order chi connectivity index (χ0) is 28.0. The summed E-state index contributed by atoms with van der Waals surface area (Å²) in [6, 6.07) is 8.67. The lowest BCUT2D eigenvalue weighted by molar-refractivity contribution is -0.115. The van der Waals surface area contributed by atoms with Crippen molar-refractivity contribution in [1.29, 1.82) is 0 Å². The smallest absolute Gasteiger partial charge is 0.230 e. The van der Waals surface area contributed by atoms with E-state index in [-0.39, 0.29) is 24.0 Å². The van der Waals surface area contributed by atoms with Crippen LogP contribution in [0.25, 0.3) is 22.2 Å². The Morgan fingerprint density at radius 1 is 1.28 bits per heavy atom. The maximum absolute atomic E-state index is 12.6. The average molecular weight is 439 g/mol. The summed E-state index contributed by atoms with van der Waals surface area (Å²) in [5.41, 5.74) is 7.08. The molecule has 0 saturated heterocycles. The minimum atomic E-state index is -2.89. The standard InChI is InChI=1S/C24H28N6O2/c1-14(2)30-12-17(21-22(25)26-13-27-23(21)30)16-8-6-15(7-9-16)10-20(31)28-19-11-18(32-29-19)24(3,4)5/h6-9,11-14H,10H2,1-5H3,(H2,25,26,27)(H,28,29,31)/i3D3,4D3. The van der Waals surface area contributed by atoms with Crippen LogP contribution >= 0.6 is 0 Å². The molecule has 0 bridgehead atoms. The van der Waals surface area contributed by atoms with Gasteiger partial charge in [0.2, 0.25) is 5.91 Å². The van der Waals surface area contributed by atoms with Crippen LogP contribution in [0, 0.1) is 0 Å². The average Bonchev–Trinajstić information content (AvgIpc) is 3.43. The maximum atomic E-state index is 12.6. The van der Waals surface area contributed by atoms with Crippen LogP contribution < -0.4 is 11.1 Å². The number of carbonyl (C=O) groups excluding carboxylic acids is 1. The van der Waals surface area contributed by atoms with Crippen molar-refractivity contribution in [3.63, 3.8) is 0 Å². The number of carbonyl (C=O) groups is 1. The van der Waals surface area contributed by atoms with E-state index in [2.05, 4.69) is 20.4 Å². The van der Waals surface area contributed by atoms with Crippen LogP contribution in [0.2, 0.25) is 0 Å². The van der Waals surface area contributed by atoms with Gasteiger partial charge in [0.15, 0.2) is 5.82 Å². The first-order valence-corrected chi connectivity index (χ1v) is 10.1. The van der Waals surface area contributed by atoms with Gasteiger partial charge in [-0.25, -0.2) is 9.97 Å². The Balaban J connectivity index is 1.52. The Hall–Kier alpha value is -3.68. The monoisotopic (exact) mass is 438 g/mol. The molecule has 0 aliphatic rings. The van der Waals surface area contributed by atoms with E-state index in [9.17, 15) is 4.79 Å². The van der Waals surface area contributed by atoms with Gasteiger partial charge in [0, 0.05) is 37.5 Å². The first-order chi connectivity index (χ1) is 17.6.